The fourth-order valence-corrected chi connectivity index (χ4v) is 1.32. The first-order valence-corrected chi connectivity index (χ1v) is 4.73. The molecule has 0 heterocycles. The van der Waals surface area contributed by atoms with Crippen molar-refractivity contribution >= 4 is 12.9 Å². The Labute approximate surface area is 59.6 Å². The Balaban J connectivity index is 4.25. The summed E-state index contributed by atoms with van der Waals surface area (Å²) in [4.78, 5) is 10.5. The summed E-state index contributed by atoms with van der Waals surface area (Å²) in [7, 11) is -3.36. The minimum Gasteiger partial charge on any atom is -0.386 e. The lowest BCUT2D eigenvalue weighted by Crippen LogP contribution is -2.02. The molecule has 0 amide bonds. The molecule has 5 heteroatoms. The Morgan fingerprint density at radius 2 is 2.20 bits per heavy atom. The van der Waals surface area contributed by atoms with Gasteiger partial charge >= 0.3 is 0 Å². The van der Waals surface area contributed by atoms with Crippen LogP contribution in [0.4, 0.5) is 0 Å². The van der Waals surface area contributed by atoms with Gasteiger partial charge in [0.05, 0.1) is 6.61 Å². The first-order valence-electron chi connectivity index (χ1n) is 2.92. The van der Waals surface area contributed by atoms with Gasteiger partial charge in [-0.1, -0.05) is 0 Å². The van der Waals surface area contributed by atoms with Gasteiger partial charge in [-0.2, -0.15) is 0 Å². The van der Waals surface area contributed by atoms with Gasteiger partial charge in [-0.3, -0.25) is 9.36 Å². The number of aliphatic hydroxyl groups is 1. The van der Waals surface area contributed by atoms with Crippen LogP contribution in [0.5, 0.6) is 0 Å². The number of carbonyl (C=O) groups is 1. The zero-order valence-corrected chi connectivity index (χ0v) is 6.93. The molecule has 10 heavy (non-hydrogen) atoms. The van der Waals surface area contributed by atoms with Gasteiger partial charge in [0.25, 0.3) is 7.37 Å². The first-order chi connectivity index (χ1) is 4.56. The molecule has 0 saturated carbocycles. The predicted molar refractivity (Wildman–Crippen MR) is 37.0 cm³/mol. The zero-order valence-electron chi connectivity index (χ0n) is 6.03. The quantitative estimate of drug-likeness (QED) is 0.627. The molecule has 4 nitrogen and oxygen atoms in total. The van der Waals surface area contributed by atoms with Crippen molar-refractivity contribution in [2.75, 3.05) is 13.0 Å². The van der Waals surface area contributed by atoms with Gasteiger partial charge in [0.2, 0.25) is 5.52 Å². The molecule has 0 bridgehead atoms. The highest BCUT2D eigenvalue weighted by Gasteiger charge is 2.27. The molecule has 0 aliphatic rings. The smallest absolute Gasteiger partial charge is 0.290 e. The van der Waals surface area contributed by atoms with Crippen molar-refractivity contribution in [3.05, 3.63) is 0 Å². The maximum atomic E-state index is 11.1. The minimum atomic E-state index is -3.36. The van der Waals surface area contributed by atoms with Crippen LogP contribution in [0.15, 0.2) is 0 Å². The Morgan fingerprint density at radius 1 is 1.70 bits per heavy atom. The predicted octanol–water partition coefficient (Wildman–Crippen LogP) is 0.797. The molecule has 1 atom stereocenters. The van der Waals surface area contributed by atoms with Crippen molar-refractivity contribution in [2.24, 2.45) is 0 Å². The van der Waals surface area contributed by atoms with Gasteiger partial charge in [0.1, 0.15) is 6.35 Å². The summed E-state index contributed by atoms with van der Waals surface area (Å²) in [5.74, 6) is 0. The lowest BCUT2D eigenvalue weighted by Gasteiger charge is -2.09. The van der Waals surface area contributed by atoms with Gasteiger partial charge in [-0.15, -0.1) is 0 Å². The molecule has 0 saturated heterocycles. The summed E-state index contributed by atoms with van der Waals surface area (Å²) in [6.07, 6.45) is -0.698. The van der Waals surface area contributed by atoms with Crippen LogP contribution in [-0.2, 0) is 13.9 Å². The fourth-order valence-electron chi connectivity index (χ4n) is 0.440. The van der Waals surface area contributed by atoms with Crippen LogP contribution < -0.4 is 0 Å². The fraction of sp³-hybridized carbons (Fsp3) is 0.800. The van der Waals surface area contributed by atoms with Crippen molar-refractivity contribution in [1.29, 1.82) is 0 Å². The maximum absolute atomic E-state index is 11.1. The second kappa shape index (κ2) is 3.86. The maximum Gasteiger partial charge on any atom is 0.290 e. The first kappa shape index (κ1) is 9.82. The van der Waals surface area contributed by atoms with Gasteiger partial charge in [0.15, 0.2) is 0 Å². The topological polar surface area (TPSA) is 63.6 Å². The van der Waals surface area contributed by atoms with E-state index in [1.807, 2.05) is 0 Å². The van der Waals surface area contributed by atoms with Crippen LogP contribution in [0.3, 0.4) is 0 Å². The Hall–Kier alpha value is -0.180. The standard InChI is InChI=1S/C5H11O4P/c1-3-9-10(8,4-6)5(2)7/h6H,3-4H2,1-2H3. The Kier molecular flexibility index (Phi) is 3.79. The molecule has 0 radical (unpaired) electrons. The number of rotatable bonds is 4. The van der Waals surface area contributed by atoms with E-state index < -0.39 is 19.2 Å². The van der Waals surface area contributed by atoms with Crippen LogP contribution in [0, 0.1) is 0 Å². The largest absolute Gasteiger partial charge is 0.386 e. The highest BCUT2D eigenvalue weighted by Crippen LogP contribution is 2.45. The van der Waals surface area contributed by atoms with Crippen molar-refractivity contribution in [3.8, 4) is 0 Å². The molecule has 0 aliphatic heterocycles. The minimum absolute atomic E-state index is 0.178. The number of hydrogen-bond donors (Lipinski definition) is 1. The van der Waals surface area contributed by atoms with Crippen LogP contribution in [0.1, 0.15) is 13.8 Å². The molecular weight excluding hydrogens is 155 g/mol. The van der Waals surface area contributed by atoms with Gasteiger partial charge in [-0.05, 0) is 6.92 Å². The van der Waals surface area contributed by atoms with Crippen LogP contribution >= 0.6 is 7.37 Å². The van der Waals surface area contributed by atoms with E-state index in [0.29, 0.717) is 0 Å². The van der Waals surface area contributed by atoms with Crippen LogP contribution in [-0.4, -0.2) is 23.6 Å². The Morgan fingerprint density at radius 3 is 2.30 bits per heavy atom. The average molecular weight is 166 g/mol. The third kappa shape index (κ3) is 2.21. The highest BCUT2D eigenvalue weighted by atomic mass is 31.2. The summed E-state index contributed by atoms with van der Waals surface area (Å²) in [6.45, 7) is 2.94. The number of carbonyl (C=O) groups excluding carboxylic acids is 1. The van der Waals surface area contributed by atoms with Crippen molar-refractivity contribution < 1.29 is 19.0 Å². The lowest BCUT2D eigenvalue weighted by atomic mass is 10.9. The highest BCUT2D eigenvalue weighted by molar-refractivity contribution is 7.75. The van der Waals surface area contributed by atoms with E-state index in [-0.39, 0.29) is 6.61 Å². The molecule has 0 rings (SSSR count). The van der Waals surface area contributed by atoms with E-state index in [2.05, 4.69) is 4.52 Å². The van der Waals surface area contributed by atoms with Crippen molar-refractivity contribution in [3.63, 3.8) is 0 Å². The summed E-state index contributed by atoms with van der Waals surface area (Å²) in [5.41, 5.74) is -0.586. The third-order valence-electron chi connectivity index (χ3n) is 1.00. The molecule has 1 N–H and O–H groups in total. The van der Waals surface area contributed by atoms with Gasteiger partial charge in [-0.25, -0.2) is 0 Å². The van der Waals surface area contributed by atoms with E-state index in [1.54, 1.807) is 6.92 Å². The molecule has 0 spiro atoms. The summed E-state index contributed by atoms with van der Waals surface area (Å²) < 4.78 is 15.7. The number of aliphatic hydroxyl groups excluding tert-OH is 1. The lowest BCUT2D eigenvalue weighted by molar-refractivity contribution is -0.111. The molecule has 0 aliphatic carbocycles. The SMILES string of the molecule is CCOP(=O)(CO)C(C)=O. The molecular formula is C5H11O4P. The number of hydrogen-bond acceptors (Lipinski definition) is 4. The average Bonchev–Trinajstić information content (AvgIpc) is 1.88. The normalized spacial score (nSPS) is 16.3. The van der Waals surface area contributed by atoms with Crippen molar-refractivity contribution in [1.82, 2.24) is 0 Å². The molecule has 1 unspecified atom stereocenters. The van der Waals surface area contributed by atoms with Gasteiger partial charge < -0.3 is 9.63 Å². The second-order valence-corrected chi connectivity index (χ2v) is 4.27. The molecule has 0 fully saturated rings. The van der Waals surface area contributed by atoms with E-state index in [0.717, 1.165) is 6.92 Å². The molecule has 0 aromatic rings. The third-order valence-corrected chi connectivity index (χ3v) is 3.01. The van der Waals surface area contributed by atoms with E-state index >= 15 is 0 Å². The Bertz CT molecular complexity index is 165. The zero-order chi connectivity index (χ0) is 8.20. The summed E-state index contributed by atoms with van der Waals surface area (Å²) >= 11 is 0. The van der Waals surface area contributed by atoms with Crippen LogP contribution in [0.25, 0.3) is 0 Å². The van der Waals surface area contributed by atoms with E-state index in [9.17, 15) is 9.36 Å². The summed E-state index contributed by atoms with van der Waals surface area (Å²) in [6, 6.07) is 0. The van der Waals surface area contributed by atoms with Crippen molar-refractivity contribution in [2.45, 2.75) is 13.8 Å². The van der Waals surface area contributed by atoms with Crippen LogP contribution in [0.2, 0.25) is 0 Å². The molecule has 0 aromatic heterocycles. The van der Waals surface area contributed by atoms with E-state index in [4.69, 9.17) is 5.11 Å². The van der Waals surface area contributed by atoms with Gasteiger partial charge in [0, 0.05) is 6.92 Å². The monoisotopic (exact) mass is 166 g/mol. The molecule has 60 valence electrons. The second-order valence-electron chi connectivity index (χ2n) is 1.75. The molecule has 0 aromatic carbocycles. The summed E-state index contributed by atoms with van der Waals surface area (Å²) in [5, 5.41) is 8.48. The van der Waals surface area contributed by atoms with E-state index in [1.165, 1.54) is 0 Å².